The zero-order chi connectivity index (χ0) is 7.94. The first-order valence-corrected chi connectivity index (χ1v) is 4.57. The van der Waals surface area contributed by atoms with Gasteiger partial charge >= 0.3 is 0 Å². The fourth-order valence-corrected chi connectivity index (χ4v) is 1.40. The number of rotatable bonds is 5. The van der Waals surface area contributed by atoms with Gasteiger partial charge in [-0.05, 0) is 38.9 Å². The van der Waals surface area contributed by atoms with E-state index in [0.717, 1.165) is 26.1 Å². The van der Waals surface area contributed by atoms with Crippen molar-refractivity contribution in [2.24, 2.45) is 5.73 Å². The Morgan fingerprint density at radius 3 is 3.00 bits per heavy atom. The fourth-order valence-electron chi connectivity index (χ4n) is 1.40. The lowest BCUT2D eigenvalue weighted by Crippen LogP contribution is -2.31. The number of hydrogen-bond donors (Lipinski definition) is 3. The molecule has 1 saturated heterocycles. The average Bonchev–Trinajstić information content (AvgIpc) is 2.50. The van der Waals surface area contributed by atoms with Crippen LogP contribution in [0.3, 0.4) is 0 Å². The molecular weight excluding hydrogens is 138 g/mol. The topological polar surface area (TPSA) is 50.1 Å². The van der Waals surface area contributed by atoms with E-state index in [1.807, 2.05) is 0 Å². The van der Waals surface area contributed by atoms with Gasteiger partial charge in [-0.15, -0.1) is 0 Å². The molecule has 1 heterocycles. The molecule has 1 atom stereocenters. The second-order valence-corrected chi connectivity index (χ2v) is 3.14. The molecule has 66 valence electrons. The maximum absolute atomic E-state index is 5.38. The van der Waals surface area contributed by atoms with Crippen molar-refractivity contribution in [1.29, 1.82) is 0 Å². The third-order valence-electron chi connectivity index (χ3n) is 2.12. The Bertz CT molecular complexity index is 89.3. The zero-order valence-corrected chi connectivity index (χ0v) is 7.10. The molecule has 0 bridgehead atoms. The van der Waals surface area contributed by atoms with Gasteiger partial charge in [0.1, 0.15) is 0 Å². The van der Waals surface area contributed by atoms with Crippen LogP contribution in [0.5, 0.6) is 0 Å². The Labute approximate surface area is 68.7 Å². The minimum Gasteiger partial charge on any atom is -0.330 e. The summed E-state index contributed by atoms with van der Waals surface area (Å²) in [4.78, 5) is 0. The molecule has 1 fully saturated rings. The van der Waals surface area contributed by atoms with Gasteiger partial charge in [0.2, 0.25) is 0 Å². The molecule has 1 rings (SSSR count). The number of nitrogens with two attached hydrogens (primary N) is 1. The lowest BCUT2D eigenvalue weighted by atomic mass is 10.2. The minimum absolute atomic E-state index is 0.716. The molecule has 0 aromatic rings. The van der Waals surface area contributed by atoms with Crippen molar-refractivity contribution in [3.63, 3.8) is 0 Å². The quantitative estimate of drug-likeness (QED) is 0.479. The second kappa shape index (κ2) is 5.52. The molecule has 3 nitrogen and oxygen atoms in total. The molecule has 1 aliphatic rings. The summed E-state index contributed by atoms with van der Waals surface area (Å²) in [5, 5.41) is 6.82. The van der Waals surface area contributed by atoms with Crippen LogP contribution < -0.4 is 16.4 Å². The zero-order valence-electron chi connectivity index (χ0n) is 7.10. The van der Waals surface area contributed by atoms with E-state index in [-0.39, 0.29) is 0 Å². The largest absolute Gasteiger partial charge is 0.330 e. The second-order valence-electron chi connectivity index (χ2n) is 3.14. The van der Waals surface area contributed by atoms with Gasteiger partial charge in [-0.1, -0.05) is 0 Å². The molecule has 1 unspecified atom stereocenters. The van der Waals surface area contributed by atoms with E-state index in [9.17, 15) is 0 Å². The predicted molar refractivity (Wildman–Crippen MR) is 47.6 cm³/mol. The lowest BCUT2D eigenvalue weighted by Gasteiger charge is -2.09. The van der Waals surface area contributed by atoms with Gasteiger partial charge in [0.25, 0.3) is 0 Å². The molecule has 4 N–H and O–H groups in total. The maximum Gasteiger partial charge on any atom is 0.0204 e. The van der Waals surface area contributed by atoms with Gasteiger partial charge in [-0.3, -0.25) is 0 Å². The summed E-state index contributed by atoms with van der Waals surface area (Å²) in [7, 11) is 0. The summed E-state index contributed by atoms with van der Waals surface area (Å²) in [5.41, 5.74) is 5.38. The molecule has 0 aliphatic carbocycles. The van der Waals surface area contributed by atoms with Crippen molar-refractivity contribution in [3.05, 3.63) is 0 Å². The summed E-state index contributed by atoms with van der Waals surface area (Å²) in [6, 6.07) is 0.716. The van der Waals surface area contributed by atoms with Crippen LogP contribution in [0.1, 0.15) is 19.3 Å². The highest BCUT2D eigenvalue weighted by Crippen LogP contribution is 1.96. The van der Waals surface area contributed by atoms with Crippen LogP contribution in [0, 0.1) is 0 Å². The highest BCUT2D eigenvalue weighted by Gasteiger charge is 2.11. The number of unbranched alkanes of at least 4 members (excludes halogenated alkanes) is 1. The van der Waals surface area contributed by atoms with Crippen molar-refractivity contribution in [1.82, 2.24) is 10.6 Å². The summed E-state index contributed by atoms with van der Waals surface area (Å²) < 4.78 is 0. The van der Waals surface area contributed by atoms with E-state index in [0.29, 0.717) is 6.04 Å². The molecule has 3 heteroatoms. The smallest absolute Gasteiger partial charge is 0.0204 e. The normalized spacial score (nSPS) is 24.3. The van der Waals surface area contributed by atoms with Gasteiger partial charge in [0.05, 0.1) is 0 Å². The molecule has 0 aromatic carbocycles. The van der Waals surface area contributed by atoms with Crippen molar-refractivity contribution in [2.75, 3.05) is 26.2 Å². The van der Waals surface area contributed by atoms with Crippen LogP contribution in [0.4, 0.5) is 0 Å². The predicted octanol–water partition coefficient (Wildman–Crippen LogP) is -0.323. The van der Waals surface area contributed by atoms with E-state index >= 15 is 0 Å². The van der Waals surface area contributed by atoms with E-state index in [2.05, 4.69) is 10.6 Å². The fraction of sp³-hybridized carbons (Fsp3) is 1.00. The van der Waals surface area contributed by atoms with Gasteiger partial charge < -0.3 is 16.4 Å². The Balaban J connectivity index is 1.86. The van der Waals surface area contributed by atoms with Gasteiger partial charge in [-0.2, -0.15) is 0 Å². The van der Waals surface area contributed by atoms with E-state index in [1.54, 1.807) is 0 Å². The molecule has 11 heavy (non-hydrogen) atoms. The number of hydrogen-bond acceptors (Lipinski definition) is 3. The highest BCUT2D eigenvalue weighted by molar-refractivity contribution is 4.76. The molecule has 0 spiro atoms. The maximum atomic E-state index is 5.38. The molecule has 1 aliphatic heterocycles. The first kappa shape index (κ1) is 8.97. The van der Waals surface area contributed by atoms with E-state index < -0.39 is 0 Å². The number of nitrogens with one attached hydrogen (secondary N) is 2. The van der Waals surface area contributed by atoms with Crippen molar-refractivity contribution in [2.45, 2.75) is 25.3 Å². The monoisotopic (exact) mass is 157 g/mol. The van der Waals surface area contributed by atoms with Gasteiger partial charge in [0, 0.05) is 12.6 Å². The Kier molecular flexibility index (Phi) is 4.50. The Morgan fingerprint density at radius 2 is 2.36 bits per heavy atom. The van der Waals surface area contributed by atoms with E-state index in [1.165, 1.54) is 19.4 Å². The van der Waals surface area contributed by atoms with Gasteiger partial charge in [-0.25, -0.2) is 0 Å². The molecule has 0 amide bonds. The Morgan fingerprint density at radius 1 is 1.45 bits per heavy atom. The van der Waals surface area contributed by atoms with Crippen LogP contribution in [-0.4, -0.2) is 32.2 Å². The molecule has 0 saturated carbocycles. The van der Waals surface area contributed by atoms with Crippen LogP contribution in [0.2, 0.25) is 0 Å². The molecular formula is C8H19N3. The summed E-state index contributed by atoms with van der Waals surface area (Å²) >= 11 is 0. The SMILES string of the molecule is NCCCCNC1CCNC1. The molecule has 0 radical (unpaired) electrons. The van der Waals surface area contributed by atoms with Crippen molar-refractivity contribution in [3.8, 4) is 0 Å². The summed E-state index contributed by atoms with van der Waals surface area (Å²) in [6.45, 7) is 4.27. The average molecular weight is 157 g/mol. The van der Waals surface area contributed by atoms with Crippen LogP contribution in [0.15, 0.2) is 0 Å². The first-order chi connectivity index (χ1) is 5.43. The highest BCUT2D eigenvalue weighted by atomic mass is 15.0. The van der Waals surface area contributed by atoms with Crippen LogP contribution >= 0.6 is 0 Å². The molecule has 0 aromatic heterocycles. The van der Waals surface area contributed by atoms with Gasteiger partial charge in [0.15, 0.2) is 0 Å². The van der Waals surface area contributed by atoms with Crippen LogP contribution in [0.25, 0.3) is 0 Å². The third kappa shape index (κ3) is 3.70. The van der Waals surface area contributed by atoms with E-state index in [4.69, 9.17) is 5.73 Å². The van der Waals surface area contributed by atoms with Crippen molar-refractivity contribution < 1.29 is 0 Å². The van der Waals surface area contributed by atoms with Crippen molar-refractivity contribution >= 4 is 0 Å². The third-order valence-corrected chi connectivity index (χ3v) is 2.12. The Hall–Kier alpha value is -0.120. The first-order valence-electron chi connectivity index (χ1n) is 4.57. The lowest BCUT2D eigenvalue weighted by molar-refractivity contribution is 0.528. The minimum atomic E-state index is 0.716. The summed E-state index contributed by atoms with van der Waals surface area (Å²) in [6.07, 6.45) is 3.64. The summed E-state index contributed by atoms with van der Waals surface area (Å²) in [5.74, 6) is 0. The van der Waals surface area contributed by atoms with Crippen LogP contribution in [-0.2, 0) is 0 Å². The standard InChI is InChI=1S/C8H19N3/c9-4-1-2-5-11-8-3-6-10-7-8/h8,10-11H,1-7,9H2.